The first-order valence-electron chi connectivity index (χ1n) is 4.87. The minimum Gasteiger partial charge on any atom is -0.378 e. The Hall–Kier alpha value is -1.40. The lowest BCUT2D eigenvalue weighted by Gasteiger charge is -2.32. The standard InChI is InChI=1S/C9H14N4O2/c10-9(14)7-6-15-4-3-13(7)5-8-11-1-2-12-8/h1-2,7H,3-6H2,(H2,10,14)(H,11,12). The van der Waals surface area contributed by atoms with Crippen LogP contribution in [0, 0.1) is 0 Å². The Balaban J connectivity index is 2.02. The number of nitrogens with two attached hydrogens (primary N) is 1. The molecule has 0 radical (unpaired) electrons. The predicted octanol–water partition coefficient (Wildman–Crippen LogP) is -0.904. The molecule has 0 spiro atoms. The second-order valence-corrected chi connectivity index (χ2v) is 3.50. The molecule has 6 nitrogen and oxygen atoms in total. The third kappa shape index (κ3) is 2.34. The molecule has 0 bridgehead atoms. The summed E-state index contributed by atoms with van der Waals surface area (Å²) in [6.45, 7) is 2.30. The van der Waals surface area contributed by atoms with E-state index in [4.69, 9.17) is 10.5 Å². The average molecular weight is 210 g/mol. The first-order chi connectivity index (χ1) is 7.27. The van der Waals surface area contributed by atoms with Crippen molar-refractivity contribution in [1.82, 2.24) is 14.9 Å². The molecule has 2 rings (SSSR count). The largest absolute Gasteiger partial charge is 0.378 e. The minimum atomic E-state index is -0.346. The number of ether oxygens (including phenoxy) is 1. The van der Waals surface area contributed by atoms with Crippen molar-refractivity contribution in [2.24, 2.45) is 5.73 Å². The highest BCUT2D eigenvalue weighted by Gasteiger charge is 2.27. The summed E-state index contributed by atoms with van der Waals surface area (Å²) in [6, 6.07) is -0.344. The lowest BCUT2D eigenvalue weighted by molar-refractivity contribution is -0.129. The van der Waals surface area contributed by atoms with E-state index in [0.717, 1.165) is 5.82 Å². The van der Waals surface area contributed by atoms with E-state index in [1.54, 1.807) is 12.4 Å². The molecule has 1 saturated heterocycles. The normalized spacial score (nSPS) is 22.8. The van der Waals surface area contributed by atoms with E-state index >= 15 is 0 Å². The van der Waals surface area contributed by atoms with Crippen molar-refractivity contribution in [3.8, 4) is 0 Å². The molecule has 1 unspecified atom stereocenters. The highest BCUT2D eigenvalue weighted by atomic mass is 16.5. The van der Waals surface area contributed by atoms with Crippen LogP contribution in [0.15, 0.2) is 12.4 Å². The molecule has 6 heteroatoms. The lowest BCUT2D eigenvalue weighted by atomic mass is 10.2. The summed E-state index contributed by atoms with van der Waals surface area (Å²) in [4.78, 5) is 20.3. The average Bonchev–Trinajstić information content (AvgIpc) is 2.71. The molecule has 1 aliphatic rings. The molecule has 2 heterocycles. The summed E-state index contributed by atoms with van der Waals surface area (Å²) in [5.41, 5.74) is 5.30. The van der Waals surface area contributed by atoms with Crippen molar-refractivity contribution < 1.29 is 9.53 Å². The number of hydrogen-bond donors (Lipinski definition) is 2. The number of primary amides is 1. The fourth-order valence-electron chi connectivity index (χ4n) is 1.67. The Bertz CT molecular complexity index is 325. The van der Waals surface area contributed by atoms with Gasteiger partial charge in [-0.3, -0.25) is 9.69 Å². The number of aromatic nitrogens is 2. The van der Waals surface area contributed by atoms with Crippen molar-refractivity contribution in [2.75, 3.05) is 19.8 Å². The Kier molecular flexibility index (Phi) is 2.98. The minimum absolute atomic E-state index is 0.344. The Morgan fingerprint density at radius 1 is 1.80 bits per heavy atom. The van der Waals surface area contributed by atoms with E-state index in [1.807, 2.05) is 4.90 Å². The van der Waals surface area contributed by atoms with Crippen LogP contribution in [0.5, 0.6) is 0 Å². The van der Waals surface area contributed by atoms with Gasteiger partial charge in [-0.1, -0.05) is 0 Å². The van der Waals surface area contributed by atoms with Crippen molar-refractivity contribution in [3.63, 3.8) is 0 Å². The number of rotatable bonds is 3. The van der Waals surface area contributed by atoms with E-state index in [9.17, 15) is 4.79 Å². The van der Waals surface area contributed by atoms with Gasteiger partial charge in [-0.05, 0) is 0 Å². The monoisotopic (exact) mass is 210 g/mol. The Morgan fingerprint density at radius 3 is 3.33 bits per heavy atom. The van der Waals surface area contributed by atoms with Crippen molar-refractivity contribution >= 4 is 5.91 Å². The first-order valence-corrected chi connectivity index (χ1v) is 4.87. The molecule has 1 aromatic rings. The van der Waals surface area contributed by atoms with Crippen LogP contribution in [0.4, 0.5) is 0 Å². The zero-order valence-corrected chi connectivity index (χ0v) is 8.35. The smallest absolute Gasteiger partial charge is 0.237 e. The van der Waals surface area contributed by atoms with Gasteiger partial charge < -0.3 is 15.5 Å². The van der Waals surface area contributed by atoms with Gasteiger partial charge >= 0.3 is 0 Å². The third-order valence-electron chi connectivity index (χ3n) is 2.48. The molecule has 15 heavy (non-hydrogen) atoms. The second-order valence-electron chi connectivity index (χ2n) is 3.50. The molecule has 1 atom stereocenters. The maximum Gasteiger partial charge on any atom is 0.237 e. The van der Waals surface area contributed by atoms with Crippen LogP contribution < -0.4 is 5.73 Å². The van der Waals surface area contributed by atoms with Crippen molar-refractivity contribution in [3.05, 3.63) is 18.2 Å². The summed E-state index contributed by atoms with van der Waals surface area (Å²) < 4.78 is 5.22. The van der Waals surface area contributed by atoms with Crippen LogP contribution >= 0.6 is 0 Å². The molecular weight excluding hydrogens is 196 g/mol. The van der Waals surface area contributed by atoms with Crippen LogP contribution in [-0.4, -0.2) is 46.6 Å². The second kappa shape index (κ2) is 4.41. The van der Waals surface area contributed by atoms with Crippen LogP contribution in [0.2, 0.25) is 0 Å². The van der Waals surface area contributed by atoms with Gasteiger partial charge in [0.25, 0.3) is 0 Å². The number of hydrogen-bond acceptors (Lipinski definition) is 4. The molecule has 82 valence electrons. The number of nitrogens with one attached hydrogen (secondary N) is 1. The summed E-state index contributed by atoms with van der Waals surface area (Å²) in [7, 11) is 0. The van der Waals surface area contributed by atoms with Gasteiger partial charge in [-0.25, -0.2) is 4.98 Å². The summed E-state index contributed by atoms with van der Waals surface area (Å²) >= 11 is 0. The number of H-pyrrole nitrogens is 1. The fraction of sp³-hybridized carbons (Fsp3) is 0.556. The van der Waals surface area contributed by atoms with Crippen molar-refractivity contribution in [1.29, 1.82) is 0 Å². The SMILES string of the molecule is NC(=O)C1COCCN1Cc1ncc[nH]1. The molecule has 1 fully saturated rings. The van der Waals surface area contributed by atoms with Gasteiger partial charge in [0.15, 0.2) is 0 Å². The van der Waals surface area contributed by atoms with Gasteiger partial charge in [0.1, 0.15) is 11.9 Å². The van der Waals surface area contributed by atoms with E-state index in [1.165, 1.54) is 0 Å². The maximum absolute atomic E-state index is 11.2. The number of amides is 1. The number of aromatic amines is 1. The number of carbonyl (C=O) groups excluding carboxylic acids is 1. The van der Waals surface area contributed by atoms with Crippen LogP contribution in [0.1, 0.15) is 5.82 Å². The Morgan fingerprint density at radius 2 is 2.67 bits per heavy atom. The number of nitrogens with zero attached hydrogens (tertiary/aromatic N) is 2. The van der Waals surface area contributed by atoms with E-state index < -0.39 is 0 Å². The number of morpholine rings is 1. The predicted molar refractivity (Wildman–Crippen MR) is 52.8 cm³/mol. The summed E-state index contributed by atoms with van der Waals surface area (Å²) in [6.07, 6.45) is 3.45. The zero-order valence-electron chi connectivity index (χ0n) is 8.35. The fourth-order valence-corrected chi connectivity index (χ4v) is 1.67. The molecule has 0 aromatic carbocycles. The molecule has 3 N–H and O–H groups in total. The maximum atomic E-state index is 11.2. The summed E-state index contributed by atoms with van der Waals surface area (Å²) in [5, 5.41) is 0. The van der Waals surface area contributed by atoms with Crippen LogP contribution in [-0.2, 0) is 16.1 Å². The molecular formula is C9H14N4O2. The topological polar surface area (TPSA) is 84.2 Å². The van der Waals surface area contributed by atoms with Crippen LogP contribution in [0.25, 0.3) is 0 Å². The highest BCUT2D eigenvalue weighted by molar-refractivity contribution is 5.80. The first kappa shape index (κ1) is 10.1. The third-order valence-corrected chi connectivity index (χ3v) is 2.48. The van der Waals surface area contributed by atoms with Gasteiger partial charge in [-0.2, -0.15) is 0 Å². The molecule has 1 aromatic heterocycles. The molecule has 1 amide bonds. The van der Waals surface area contributed by atoms with Crippen LogP contribution in [0.3, 0.4) is 0 Å². The van der Waals surface area contributed by atoms with E-state index in [-0.39, 0.29) is 11.9 Å². The number of carbonyl (C=O) groups is 1. The lowest BCUT2D eigenvalue weighted by Crippen LogP contribution is -2.51. The van der Waals surface area contributed by atoms with Gasteiger partial charge in [0, 0.05) is 18.9 Å². The molecule has 0 aliphatic carbocycles. The quantitative estimate of drug-likeness (QED) is 0.677. The highest BCUT2D eigenvalue weighted by Crippen LogP contribution is 2.09. The van der Waals surface area contributed by atoms with Gasteiger partial charge in [0.2, 0.25) is 5.91 Å². The molecule has 0 saturated carbocycles. The molecule has 1 aliphatic heterocycles. The zero-order chi connectivity index (χ0) is 10.7. The van der Waals surface area contributed by atoms with Crippen molar-refractivity contribution in [2.45, 2.75) is 12.6 Å². The van der Waals surface area contributed by atoms with E-state index in [0.29, 0.717) is 26.3 Å². The Labute approximate surface area is 87.4 Å². The van der Waals surface area contributed by atoms with E-state index in [2.05, 4.69) is 9.97 Å². The number of imidazole rings is 1. The van der Waals surface area contributed by atoms with Gasteiger partial charge in [-0.15, -0.1) is 0 Å². The van der Waals surface area contributed by atoms with Gasteiger partial charge in [0.05, 0.1) is 19.8 Å². The summed E-state index contributed by atoms with van der Waals surface area (Å²) in [5.74, 6) is 0.490.